The summed E-state index contributed by atoms with van der Waals surface area (Å²) in [5.41, 5.74) is 6.48. The van der Waals surface area contributed by atoms with Crippen LogP contribution in [0.1, 0.15) is 41.9 Å². The molecule has 1 aliphatic heterocycles. The smallest absolute Gasteiger partial charge is 0.253 e. The highest BCUT2D eigenvalue weighted by atomic mass is 32.1. The second-order valence-electron chi connectivity index (χ2n) is 14.7. The van der Waals surface area contributed by atoms with Gasteiger partial charge in [-0.3, -0.25) is 9.59 Å². The van der Waals surface area contributed by atoms with Crippen molar-refractivity contribution in [2.45, 2.75) is 39.3 Å². The highest BCUT2D eigenvalue weighted by Crippen LogP contribution is 2.35. The number of rotatable bonds is 14. The number of aliphatic hydroxyl groups is 1. The molecule has 1 saturated heterocycles. The molecule has 1 fully saturated rings. The molecule has 14 nitrogen and oxygen atoms in total. The number of nitrogens with one attached hydrogen (secondary N) is 4. The van der Waals surface area contributed by atoms with Gasteiger partial charge >= 0.3 is 0 Å². The topological polar surface area (TPSA) is 162 Å². The zero-order valence-corrected chi connectivity index (χ0v) is 35.7. The van der Waals surface area contributed by atoms with Crippen LogP contribution in [0.2, 0.25) is 0 Å². The van der Waals surface area contributed by atoms with Gasteiger partial charge in [0.05, 0.1) is 55.9 Å². The monoisotopic (exact) mass is 842 g/mol. The molecule has 1 unspecified atom stereocenters. The van der Waals surface area contributed by atoms with E-state index in [0.717, 1.165) is 51.1 Å². The standard InChI is InChI=1S/C46H50N8O6S/c1-6-11-38-37(26-41(45(51-38)60-5)52-46(61)54-18-16-53(17-19-54)32-23-33(58-3)25-34(24-32)59-4)44(57)47-28(2)43(56)49-31-21-29(27-55)20-30(22-31)48-42-35-12-7-9-14-39(35)50-40-15-10-8-13-36(40)42/h7-10,12-15,20-26,28,55H,6,11,16-19,27H2,1-5H3,(H,47,57)(H,48,50)(H,49,56)(H,52,61). The Morgan fingerprint density at radius 1 is 0.803 bits per heavy atom. The van der Waals surface area contributed by atoms with Crippen LogP contribution < -0.4 is 40.4 Å². The van der Waals surface area contributed by atoms with E-state index in [0.29, 0.717) is 77.5 Å². The first-order valence-electron chi connectivity index (χ1n) is 20.1. The lowest BCUT2D eigenvalue weighted by Gasteiger charge is -2.37. The fourth-order valence-corrected chi connectivity index (χ4v) is 7.67. The minimum absolute atomic E-state index is 0.248. The fraction of sp³-hybridized carbons (Fsp3) is 0.283. The van der Waals surface area contributed by atoms with Gasteiger partial charge in [-0.15, -0.1) is 0 Å². The molecule has 0 bridgehead atoms. The summed E-state index contributed by atoms with van der Waals surface area (Å²) in [5, 5.41) is 25.1. The SMILES string of the molecule is CCCc1nc(OC)c(NC(=S)N2CCN(c3cc(OC)cc(OC)c3)CC2)cc1C(=O)NC(C)C(=O)Nc1cc(CO)cc(Nc2c3ccccc3nc3ccccc23)c1. The molecule has 2 amide bonds. The van der Waals surface area contributed by atoms with Crippen LogP contribution in [-0.2, 0) is 17.8 Å². The molecule has 316 valence electrons. The number of methoxy groups -OCH3 is 3. The van der Waals surface area contributed by atoms with Crippen molar-refractivity contribution in [1.82, 2.24) is 20.2 Å². The van der Waals surface area contributed by atoms with Gasteiger partial charge in [-0.05, 0) is 67.5 Å². The number of hydrogen-bond acceptors (Lipinski definition) is 11. The number of ether oxygens (including phenoxy) is 3. The quantitative estimate of drug-likeness (QED) is 0.0551. The molecule has 15 heteroatoms. The Morgan fingerprint density at radius 3 is 2.05 bits per heavy atom. The lowest BCUT2D eigenvalue weighted by molar-refractivity contribution is -0.117. The Hall–Kier alpha value is -6.71. The minimum atomic E-state index is -0.940. The van der Waals surface area contributed by atoms with Crippen molar-refractivity contribution in [3.05, 3.63) is 108 Å². The average Bonchev–Trinajstić information content (AvgIpc) is 3.28. The molecule has 4 aromatic carbocycles. The van der Waals surface area contributed by atoms with Crippen LogP contribution in [0.15, 0.2) is 91.0 Å². The summed E-state index contributed by atoms with van der Waals surface area (Å²) >= 11 is 5.86. The lowest BCUT2D eigenvalue weighted by atomic mass is 10.1. The molecule has 7 rings (SSSR count). The van der Waals surface area contributed by atoms with Crippen molar-refractivity contribution in [2.24, 2.45) is 0 Å². The molecule has 3 heterocycles. The van der Waals surface area contributed by atoms with Crippen LogP contribution in [0.5, 0.6) is 17.4 Å². The Bertz CT molecular complexity index is 2500. The van der Waals surface area contributed by atoms with Crippen molar-refractivity contribution in [3.63, 3.8) is 0 Å². The number of pyridine rings is 2. The molecule has 1 aliphatic rings. The third kappa shape index (κ3) is 9.69. The summed E-state index contributed by atoms with van der Waals surface area (Å²) in [4.78, 5) is 41.5. The largest absolute Gasteiger partial charge is 0.497 e. The predicted octanol–water partition coefficient (Wildman–Crippen LogP) is 7.27. The van der Waals surface area contributed by atoms with Crippen molar-refractivity contribution >= 4 is 79.4 Å². The Labute approximate surface area is 360 Å². The molecule has 0 spiro atoms. The van der Waals surface area contributed by atoms with Gasteiger partial charge in [-0.1, -0.05) is 49.7 Å². The van der Waals surface area contributed by atoms with E-state index in [2.05, 4.69) is 31.1 Å². The zero-order chi connectivity index (χ0) is 43.0. The van der Waals surface area contributed by atoms with E-state index < -0.39 is 17.9 Å². The summed E-state index contributed by atoms with van der Waals surface area (Å²) in [7, 11) is 4.78. The van der Waals surface area contributed by atoms with Gasteiger partial charge in [0.1, 0.15) is 23.2 Å². The Balaban J connectivity index is 1.04. The number of fused-ring (bicyclic) bond motifs is 2. The highest BCUT2D eigenvalue weighted by molar-refractivity contribution is 7.80. The van der Waals surface area contributed by atoms with Gasteiger partial charge in [0, 0.05) is 72.2 Å². The number of carbonyl (C=O) groups is 2. The number of nitrogens with zero attached hydrogens (tertiary/aromatic N) is 4. The molecule has 2 aromatic heterocycles. The van der Waals surface area contributed by atoms with Gasteiger partial charge in [-0.25, -0.2) is 9.97 Å². The number of thiocarbonyl (C=S) groups is 1. The van der Waals surface area contributed by atoms with E-state index in [9.17, 15) is 14.7 Å². The first-order chi connectivity index (χ1) is 29.6. The van der Waals surface area contributed by atoms with Crippen LogP contribution in [0, 0.1) is 0 Å². The number of hydrogen-bond donors (Lipinski definition) is 5. The number of carbonyl (C=O) groups excluding carboxylic acids is 2. The van der Waals surface area contributed by atoms with E-state index in [-0.39, 0.29) is 6.61 Å². The molecular formula is C46H50N8O6S. The molecule has 5 N–H and O–H groups in total. The predicted molar refractivity (Wildman–Crippen MR) is 245 cm³/mol. The third-order valence-electron chi connectivity index (χ3n) is 10.5. The van der Waals surface area contributed by atoms with Crippen LogP contribution in [0.25, 0.3) is 21.8 Å². The van der Waals surface area contributed by atoms with Crippen molar-refractivity contribution in [2.75, 3.05) is 68.4 Å². The maximum Gasteiger partial charge on any atom is 0.253 e. The first-order valence-corrected chi connectivity index (χ1v) is 20.5. The molecular weight excluding hydrogens is 793 g/mol. The van der Waals surface area contributed by atoms with Crippen molar-refractivity contribution in [3.8, 4) is 17.4 Å². The second-order valence-corrected chi connectivity index (χ2v) is 15.1. The van der Waals surface area contributed by atoms with E-state index in [4.69, 9.17) is 36.4 Å². The lowest BCUT2D eigenvalue weighted by Crippen LogP contribution is -2.50. The van der Waals surface area contributed by atoms with Gasteiger partial charge < -0.3 is 50.4 Å². The van der Waals surface area contributed by atoms with E-state index in [1.165, 1.54) is 7.11 Å². The first kappa shape index (κ1) is 42.4. The van der Waals surface area contributed by atoms with Crippen LogP contribution >= 0.6 is 12.2 Å². The van der Waals surface area contributed by atoms with Crippen molar-refractivity contribution < 1.29 is 28.9 Å². The molecule has 0 aliphatic carbocycles. The fourth-order valence-electron chi connectivity index (χ4n) is 7.38. The van der Waals surface area contributed by atoms with Gasteiger partial charge in [0.15, 0.2) is 5.11 Å². The molecule has 1 atom stereocenters. The maximum atomic E-state index is 14.0. The zero-order valence-electron chi connectivity index (χ0n) is 34.9. The normalized spacial score (nSPS) is 13.1. The van der Waals surface area contributed by atoms with Gasteiger partial charge in [0.25, 0.3) is 5.91 Å². The number of aryl methyl sites for hydroxylation is 1. The number of para-hydroxylation sites is 2. The highest BCUT2D eigenvalue weighted by Gasteiger charge is 2.25. The number of anilines is 5. The summed E-state index contributed by atoms with van der Waals surface area (Å²) in [6.07, 6.45) is 1.23. The molecule has 61 heavy (non-hydrogen) atoms. The summed E-state index contributed by atoms with van der Waals surface area (Å²) in [6.45, 7) is 6.07. The second kappa shape index (κ2) is 19.1. The van der Waals surface area contributed by atoms with Crippen LogP contribution in [0.3, 0.4) is 0 Å². The van der Waals surface area contributed by atoms with E-state index >= 15 is 0 Å². The third-order valence-corrected chi connectivity index (χ3v) is 10.9. The number of aromatic nitrogens is 2. The summed E-state index contributed by atoms with van der Waals surface area (Å²) in [6, 6.07) is 27.6. The van der Waals surface area contributed by atoms with Crippen LogP contribution in [-0.4, -0.2) is 90.5 Å². The summed E-state index contributed by atoms with van der Waals surface area (Å²) in [5.74, 6) is 0.819. The number of piperazine rings is 1. The average molecular weight is 843 g/mol. The molecule has 0 saturated carbocycles. The number of aliphatic hydroxyl groups excluding tert-OH is 1. The van der Waals surface area contributed by atoms with E-state index in [1.54, 1.807) is 39.3 Å². The number of benzene rings is 4. The molecule has 0 radical (unpaired) electrons. The van der Waals surface area contributed by atoms with Crippen LogP contribution in [0.4, 0.5) is 28.4 Å². The van der Waals surface area contributed by atoms with Gasteiger partial charge in [0.2, 0.25) is 11.8 Å². The summed E-state index contributed by atoms with van der Waals surface area (Å²) < 4.78 is 16.6. The maximum absolute atomic E-state index is 14.0. The Kier molecular flexibility index (Phi) is 13.3. The minimum Gasteiger partial charge on any atom is -0.497 e. The Morgan fingerprint density at radius 2 is 1.44 bits per heavy atom. The number of amides is 2. The molecule has 6 aromatic rings. The van der Waals surface area contributed by atoms with Crippen molar-refractivity contribution in [1.29, 1.82) is 0 Å². The van der Waals surface area contributed by atoms with Gasteiger partial charge in [-0.2, -0.15) is 0 Å². The van der Waals surface area contributed by atoms with E-state index in [1.807, 2.05) is 79.7 Å².